The van der Waals surface area contributed by atoms with Gasteiger partial charge >= 0.3 is 0 Å². The maximum absolute atomic E-state index is 11.9. The summed E-state index contributed by atoms with van der Waals surface area (Å²) in [6.45, 7) is 5.42. The lowest BCUT2D eigenvalue weighted by Crippen LogP contribution is -2.30. The van der Waals surface area contributed by atoms with Crippen molar-refractivity contribution in [3.05, 3.63) is 18.2 Å². The lowest BCUT2D eigenvalue weighted by molar-refractivity contribution is -0.130. The van der Waals surface area contributed by atoms with Gasteiger partial charge in [-0.1, -0.05) is 26.1 Å². The molecule has 1 amide bonds. The van der Waals surface area contributed by atoms with Gasteiger partial charge in [-0.05, 0) is 0 Å². The number of thiocarbonyl (C=S) groups is 1. The summed E-state index contributed by atoms with van der Waals surface area (Å²) in [4.78, 5) is 18.4. The van der Waals surface area contributed by atoms with Gasteiger partial charge in [-0.3, -0.25) is 4.79 Å². The number of amides is 1. The van der Waals surface area contributed by atoms with Crippen molar-refractivity contribution < 1.29 is 4.79 Å². The van der Waals surface area contributed by atoms with E-state index in [1.54, 1.807) is 18.1 Å². The highest BCUT2D eigenvalue weighted by Crippen LogP contribution is 2.12. The molecule has 1 heterocycles. The van der Waals surface area contributed by atoms with Crippen LogP contribution in [0, 0.1) is 0 Å². The monoisotopic (exact) mass is 282 g/mol. The minimum Gasteiger partial charge on any atom is -0.393 e. The van der Waals surface area contributed by atoms with Gasteiger partial charge in [0.1, 0.15) is 5.82 Å². The third kappa shape index (κ3) is 4.98. The lowest BCUT2D eigenvalue weighted by Gasteiger charge is -2.17. The van der Waals surface area contributed by atoms with E-state index in [0.717, 1.165) is 5.82 Å². The predicted molar refractivity (Wildman–Crippen MR) is 80.0 cm³/mol. The van der Waals surface area contributed by atoms with Gasteiger partial charge < -0.3 is 15.2 Å². The summed E-state index contributed by atoms with van der Waals surface area (Å²) in [5, 5.41) is 0. The Bertz CT molecular complexity index is 442. The summed E-state index contributed by atoms with van der Waals surface area (Å²) in [5.41, 5.74) is 5.43. The van der Waals surface area contributed by atoms with Gasteiger partial charge in [-0.2, -0.15) is 0 Å². The fraction of sp³-hybridized carbons (Fsp3) is 0.615. The van der Waals surface area contributed by atoms with Gasteiger partial charge in [0.25, 0.3) is 0 Å². The number of carbonyl (C=O) groups is 1. The van der Waals surface area contributed by atoms with Crippen LogP contribution in [0.25, 0.3) is 0 Å². The van der Waals surface area contributed by atoms with Crippen LogP contribution in [-0.4, -0.2) is 38.9 Å². The Hall–Kier alpha value is -1.43. The van der Waals surface area contributed by atoms with E-state index in [1.807, 2.05) is 10.8 Å². The summed E-state index contributed by atoms with van der Waals surface area (Å²) < 4.78 is 2.03. The van der Waals surface area contributed by atoms with Crippen LogP contribution in [0.3, 0.4) is 0 Å². The van der Waals surface area contributed by atoms with Gasteiger partial charge in [0.15, 0.2) is 0 Å². The van der Waals surface area contributed by atoms with Gasteiger partial charge in [-0.25, -0.2) is 4.98 Å². The maximum atomic E-state index is 11.9. The van der Waals surface area contributed by atoms with E-state index in [0.29, 0.717) is 36.8 Å². The Kier molecular flexibility index (Phi) is 5.95. The minimum atomic E-state index is 0.0969. The molecule has 0 fully saturated rings. The number of nitrogens with two attached hydrogens (primary N) is 1. The zero-order chi connectivity index (χ0) is 14.4. The van der Waals surface area contributed by atoms with Crippen LogP contribution < -0.4 is 5.73 Å². The average Bonchev–Trinajstić information content (AvgIpc) is 2.81. The van der Waals surface area contributed by atoms with Crippen molar-refractivity contribution in [1.29, 1.82) is 0 Å². The standard InChI is InChI=1S/C13H22N4OS/c1-10(2)13-15-6-9-17(13)8-5-12(18)16(3)7-4-11(14)19/h6,9-10H,4-5,7-8H2,1-3H3,(H2,14,19). The molecular formula is C13H22N4OS. The van der Waals surface area contributed by atoms with Gasteiger partial charge in [0, 0.05) is 51.3 Å². The van der Waals surface area contributed by atoms with E-state index in [1.165, 1.54) is 0 Å². The molecule has 0 aliphatic heterocycles. The number of aromatic nitrogens is 2. The second-order valence-corrected chi connectivity index (χ2v) is 5.44. The quantitative estimate of drug-likeness (QED) is 0.770. The van der Waals surface area contributed by atoms with Crippen molar-refractivity contribution in [2.24, 2.45) is 5.73 Å². The Morgan fingerprint density at radius 1 is 1.53 bits per heavy atom. The highest BCUT2D eigenvalue weighted by atomic mass is 32.1. The second kappa shape index (κ2) is 7.23. The van der Waals surface area contributed by atoms with Gasteiger partial charge in [-0.15, -0.1) is 0 Å². The number of carbonyl (C=O) groups excluding carboxylic acids is 1. The van der Waals surface area contributed by atoms with E-state index in [9.17, 15) is 4.79 Å². The van der Waals surface area contributed by atoms with E-state index >= 15 is 0 Å². The number of hydrogen-bond acceptors (Lipinski definition) is 3. The Labute approximate surface area is 119 Å². The fourth-order valence-corrected chi connectivity index (χ4v) is 1.91. The normalized spacial score (nSPS) is 10.7. The highest BCUT2D eigenvalue weighted by Gasteiger charge is 2.11. The minimum absolute atomic E-state index is 0.0969. The van der Waals surface area contributed by atoms with Crippen LogP contribution in [0.5, 0.6) is 0 Å². The SMILES string of the molecule is CC(C)c1nccn1CCC(=O)N(C)CCC(N)=S. The Balaban J connectivity index is 2.45. The molecule has 5 nitrogen and oxygen atoms in total. The number of imidazole rings is 1. The molecule has 0 saturated carbocycles. The zero-order valence-corrected chi connectivity index (χ0v) is 12.6. The number of aryl methyl sites for hydroxylation is 1. The maximum Gasteiger partial charge on any atom is 0.224 e. The molecule has 1 aromatic heterocycles. The predicted octanol–water partition coefficient (Wildman–Crippen LogP) is 1.53. The second-order valence-electron chi connectivity index (χ2n) is 4.92. The van der Waals surface area contributed by atoms with Gasteiger partial charge in [0.2, 0.25) is 5.91 Å². The number of nitrogens with zero attached hydrogens (tertiary/aromatic N) is 3. The molecule has 0 atom stereocenters. The molecule has 2 N–H and O–H groups in total. The van der Waals surface area contributed by atoms with Crippen LogP contribution in [0.4, 0.5) is 0 Å². The first kappa shape index (κ1) is 15.6. The summed E-state index contributed by atoms with van der Waals surface area (Å²) >= 11 is 4.80. The van der Waals surface area contributed by atoms with Crippen molar-refractivity contribution in [3.63, 3.8) is 0 Å². The first-order chi connectivity index (χ1) is 8.91. The number of rotatable bonds is 7. The van der Waals surface area contributed by atoms with Crippen LogP contribution >= 0.6 is 12.2 Å². The summed E-state index contributed by atoms with van der Waals surface area (Å²) in [7, 11) is 1.78. The highest BCUT2D eigenvalue weighted by molar-refractivity contribution is 7.80. The number of hydrogen-bond donors (Lipinski definition) is 1. The van der Waals surface area contributed by atoms with Crippen molar-refractivity contribution >= 4 is 23.1 Å². The molecular weight excluding hydrogens is 260 g/mol. The summed E-state index contributed by atoms with van der Waals surface area (Å²) in [6, 6.07) is 0. The molecule has 0 aliphatic carbocycles. The van der Waals surface area contributed by atoms with Crippen LogP contribution in [0.15, 0.2) is 12.4 Å². The molecule has 0 saturated heterocycles. The molecule has 1 aromatic rings. The van der Waals surface area contributed by atoms with Gasteiger partial charge in [0.05, 0.1) is 4.99 Å². The third-order valence-corrected chi connectivity index (χ3v) is 3.15. The Morgan fingerprint density at radius 2 is 2.21 bits per heavy atom. The van der Waals surface area contributed by atoms with Crippen LogP contribution in [0.1, 0.15) is 38.4 Å². The zero-order valence-electron chi connectivity index (χ0n) is 11.8. The molecule has 0 spiro atoms. The molecule has 0 radical (unpaired) electrons. The molecule has 106 valence electrons. The Morgan fingerprint density at radius 3 is 2.79 bits per heavy atom. The fourth-order valence-electron chi connectivity index (χ4n) is 1.82. The summed E-state index contributed by atoms with van der Waals surface area (Å²) in [5.74, 6) is 1.47. The van der Waals surface area contributed by atoms with E-state index < -0.39 is 0 Å². The molecule has 1 rings (SSSR count). The molecule has 0 unspecified atom stereocenters. The smallest absolute Gasteiger partial charge is 0.224 e. The van der Waals surface area contributed by atoms with E-state index in [2.05, 4.69) is 18.8 Å². The molecule has 0 bridgehead atoms. The molecule has 19 heavy (non-hydrogen) atoms. The van der Waals surface area contributed by atoms with Crippen molar-refractivity contribution in [3.8, 4) is 0 Å². The first-order valence-corrected chi connectivity index (χ1v) is 6.86. The average molecular weight is 282 g/mol. The third-order valence-electron chi connectivity index (χ3n) is 2.95. The molecule has 6 heteroatoms. The van der Waals surface area contributed by atoms with Crippen LogP contribution in [0.2, 0.25) is 0 Å². The van der Waals surface area contributed by atoms with E-state index in [-0.39, 0.29) is 5.91 Å². The molecule has 0 aromatic carbocycles. The van der Waals surface area contributed by atoms with E-state index in [4.69, 9.17) is 18.0 Å². The lowest BCUT2D eigenvalue weighted by atomic mass is 10.2. The van der Waals surface area contributed by atoms with Crippen molar-refractivity contribution in [1.82, 2.24) is 14.5 Å². The largest absolute Gasteiger partial charge is 0.393 e. The van der Waals surface area contributed by atoms with Crippen molar-refractivity contribution in [2.45, 2.75) is 39.2 Å². The van der Waals surface area contributed by atoms with Crippen LogP contribution in [-0.2, 0) is 11.3 Å². The van der Waals surface area contributed by atoms with Crippen molar-refractivity contribution in [2.75, 3.05) is 13.6 Å². The molecule has 0 aliphatic rings. The topological polar surface area (TPSA) is 64.2 Å². The summed E-state index contributed by atoms with van der Waals surface area (Å²) in [6.07, 6.45) is 4.72. The first-order valence-electron chi connectivity index (χ1n) is 6.45.